The summed E-state index contributed by atoms with van der Waals surface area (Å²) in [6.45, 7) is 3.09. The summed E-state index contributed by atoms with van der Waals surface area (Å²) in [5.74, 6) is -0.864. The zero-order valence-corrected chi connectivity index (χ0v) is 17.7. The summed E-state index contributed by atoms with van der Waals surface area (Å²) in [7, 11) is 0. The van der Waals surface area contributed by atoms with Gasteiger partial charge in [0, 0.05) is 36.6 Å². The van der Waals surface area contributed by atoms with Crippen LogP contribution in [0.4, 0.5) is 0 Å². The van der Waals surface area contributed by atoms with Gasteiger partial charge in [0.05, 0.1) is 0 Å². The van der Waals surface area contributed by atoms with Gasteiger partial charge in [0.15, 0.2) is 6.10 Å². The van der Waals surface area contributed by atoms with Crippen LogP contribution in [0.25, 0.3) is 0 Å². The second kappa shape index (κ2) is 10.3. The molecule has 1 atom stereocenters. The van der Waals surface area contributed by atoms with Gasteiger partial charge in [0.25, 0.3) is 11.8 Å². The van der Waals surface area contributed by atoms with Crippen molar-refractivity contribution >= 4 is 29.4 Å². The Kier molecular flexibility index (Phi) is 7.46. The summed E-state index contributed by atoms with van der Waals surface area (Å²) < 4.78 is 5.30. The maximum atomic E-state index is 12.6. The summed E-state index contributed by atoms with van der Waals surface area (Å²) in [6, 6.07) is 14.6. The fraction of sp³-hybridized carbons (Fsp3) is 0.348. The lowest BCUT2D eigenvalue weighted by atomic mass is 9.99. The van der Waals surface area contributed by atoms with Crippen molar-refractivity contribution in [3.63, 3.8) is 0 Å². The number of hydrogen-bond acceptors (Lipinski definition) is 4. The molecule has 0 saturated heterocycles. The summed E-state index contributed by atoms with van der Waals surface area (Å²) in [5, 5.41) is 3.31. The van der Waals surface area contributed by atoms with Crippen molar-refractivity contribution in [3.8, 4) is 0 Å². The first-order valence-electron chi connectivity index (χ1n) is 10.0. The molecule has 30 heavy (non-hydrogen) atoms. The number of amides is 2. The molecule has 0 bridgehead atoms. The van der Waals surface area contributed by atoms with Crippen LogP contribution in [0.3, 0.4) is 0 Å². The van der Waals surface area contributed by atoms with Gasteiger partial charge in [-0.05, 0) is 55.2 Å². The van der Waals surface area contributed by atoms with E-state index in [4.69, 9.17) is 16.3 Å². The number of nitrogens with zero attached hydrogens (tertiary/aromatic N) is 1. The van der Waals surface area contributed by atoms with E-state index in [0.29, 0.717) is 36.6 Å². The van der Waals surface area contributed by atoms with Crippen molar-refractivity contribution in [1.82, 2.24) is 10.2 Å². The van der Waals surface area contributed by atoms with E-state index in [2.05, 4.69) is 11.4 Å². The molecule has 1 unspecified atom stereocenters. The number of carbonyl (C=O) groups excluding carboxylic acids is 3. The summed E-state index contributed by atoms with van der Waals surface area (Å²) in [6.07, 6.45) is 0.527. The van der Waals surface area contributed by atoms with Crippen LogP contribution < -0.4 is 5.32 Å². The number of ether oxygens (including phenoxy) is 1. The molecular weight excluding hydrogens is 404 g/mol. The lowest BCUT2D eigenvalue weighted by Crippen LogP contribution is -2.42. The van der Waals surface area contributed by atoms with Gasteiger partial charge in [-0.3, -0.25) is 14.4 Å². The maximum absolute atomic E-state index is 12.6. The number of fused-ring (bicyclic) bond motifs is 1. The van der Waals surface area contributed by atoms with Gasteiger partial charge in [-0.15, -0.1) is 0 Å². The number of carbonyl (C=O) groups is 3. The second-order valence-corrected chi connectivity index (χ2v) is 7.71. The van der Waals surface area contributed by atoms with Crippen molar-refractivity contribution in [2.75, 3.05) is 13.1 Å². The molecule has 0 fully saturated rings. The third kappa shape index (κ3) is 5.83. The molecule has 0 saturated carbocycles. The molecule has 158 valence electrons. The Labute approximate surface area is 181 Å². The van der Waals surface area contributed by atoms with E-state index >= 15 is 0 Å². The Morgan fingerprint density at radius 3 is 2.53 bits per heavy atom. The standard InChI is InChI=1S/C23H25ClN2O4/c1-16(23(29)26-14-12-17-5-2-3-6-19(17)15-26)30-21(27)7-4-13-25-22(28)18-8-10-20(24)11-9-18/h2-3,5-6,8-11,16H,4,7,12-15H2,1H3,(H,25,28). The molecule has 0 aliphatic carbocycles. The highest BCUT2D eigenvalue weighted by Gasteiger charge is 2.26. The highest BCUT2D eigenvalue weighted by molar-refractivity contribution is 6.30. The Balaban J connectivity index is 1.37. The zero-order chi connectivity index (χ0) is 21.5. The van der Waals surface area contributed by atoms with Gasteiger partial charge < -0.3 is 15.0 Å². The van der Waals surface area contributed by atoms with Crippen molar-refractivity contribution in [2.24, 2.45) is 0 Å². The lowest BCUT2D eigenvalue weighted by Gasteiger charge is -2.30. The Hall–Kier alpha value is -2.86. The highest BCUT2D eigenvalue weighted by atomic mass is 35.5. The predicted molar refractivity (Wildman–Crippen MR) is 114 cm³/mol. The quantitative estimate of drug-likeness (QED) is 0.542. The molecule has 3 rings (SSSR count). The predicted octanol–water partition coefficient (Wildman–Crippen LogP) is 3.37. The number of halogens is 1. The maximum Gasteiger partial charge on any atom is 0.306 e. The normalized spacial score (nSPS) is 13.9. The first-order valence-corrected chi connectivity index (χ1v) is 10.4. The fourth-order valence-corrected chi connectivity index (χ4v) is 3.51. The van der Waals surface area contributed by atoms with Crippen molar-refractivity contribution in [2.45, 2.75) is 38.8 Å². The van der Waals surface area contributed by atoms with Gasteiger partial charge >= 0.3 is 5.97 Å². The topological polar surface area (TPSA) is 75.7 Å². The van der Waals surface area contributed by atoms with E-state index in [9.17, 15) is 14.4 Å². The van der Waals surface area contributed by atoms with Crippen molar-refractivity contribution < 1.29 is 19.1 Å². The third-order valence-electron chi connectivity index (χ3n) is 5.05. The Morgan fingerprint density at radius 1 is 1.10 bits per heavy atom. The van der Waals surface area contributed by atoms with Gasteiger partial charge in [-0.1, -0.05) is 35.9 Å². The van der Waals surface area contributed by atoms with Crippen LogP contribution in [-0.4, -0.2) is 41.9 Å². The van der Waals surface area contributed by atoms with Crippen LogP contribution in [-0.2, 0) is 27.3 Å². The highest BCUT2D eigenvalue weighted by Crippen LogP contribution is 2.19. The molecule has 1 heterocycles. The molecule has 1 aliphatic rings. The average Bonchev–Trinajstić information content (AvgIpc) is 2.76. The van der Waals surface area contributed by atoms with Crippen LogP contribution in [0.1, 0.15) is 41.3 Å². The molecular formula is C23H25ClN2O4. The molecule has 0 spiro atoms. The Bertz CT molecular complexity index is 914. The minimum atomic E-state index is -0.827. The van der Waals surface area contributed by atoms with Crippen molar-refractivity contribution in [1.29, 1.82) is 0 Å². The SMILES string of the molecule is CC(OC(=O)CCCNC(=O)c1ccc(Cl)cc1)C(=O)N1CCc2ccccc2C1. The van der Waals surface area contributed by atoms with Crippen LogP contribution in [0.5, 0.6) is 0 Å². The van der Waals surface area contributed by atoms with Crippen LogP contribution in [0, 0.1) is 0 Å². The minimum absolute atomic E-state index is 0.126. The third-order valence-corrected chi connectivity index (χ3v) is 5.30. The second-order valence-electron chi connectivity index (χ2n) is 7.28. The summed E-state index contributed by atoms with van der Waals surface area (Å²) >= 11 is 5.80. The molecule has 6 nitrogen and oxygen atoms in total. The van der Waals surface area contributed by atoms with Crippen LogP contribution in [0.2, 0.25) is 5.02 Å². The summed E-state index contributed by atoms with van der Waals surface area (Å²) in [5.41, 5.74) is 2.89. The lowest BCUT2D eigenvalue weighted by molar-refractivity contribution is -0.159. The molecule has 0 radical (unpaired) electrons. The molecule has 1 N–H and O–H groups in total. The van der Waals surface area contributed by atoms with Gasteiger partial charge in [0.1, 0.15) is 0 Å². The average molecular weight is 429 g/mol. The number of nitrogens with one attached hydrogen (secondary N) is 1. The number of esters is 1. The zero-order valence-electron chi connectivity index (χ0n) is 16.9. The van der Waals surface area contributed by atoms with Gasteiger partial charge in [0.2, 0.25) is 0 Å². The van der Waals surface area contributed by atoms with Crippen molar-refractivity contribution in [3.05, 3.63) is 70.2 Å². The van der Waals surface area contributed by atoms with Gasteiger partial charge in [-0.2, -0.15) is 0 Å². The monoisotopic (exact) mass is 428 g/mol. The van der Waals surface area contributed by atoms with Gasteiger partial charge in [-0.25, -0.2) is 0 Å². The van der Waals surface area contributed by atoms with E-state index in [0.717, 1.165) is 12.0 Å². The summed E-state index contributed by atoms with van der Waals surface area (Å²) in [4.78, 5) is 38.4. The van der Waals surface area contributed by atoms with Crippen LogP contribution in [0.15, 0.2) is 48.5 Å². The number of hydrogen-bond donors (Lipinski definition) is 1. The number of benzene rings is 2. The largest absolute Gasteiger partial charge is 0.453 e. The van der Waals surface area contributed by atoms with Crippen LogP contribution >= 0.6 is 11.6 Å². The van der Waals surface area contributed by atoms with E-state index in [1.165, 1.54) is 5.56 Å². The smallest absolute Gasteiger partial charge is 0.306 e. The van der Waals surface area contributed by atoms with E-state index < -0.39 is 12.1 Å². The molecule has 2 aromatic carbocycles. The minimum Gasteiger partial charge on any atom is -0.453 e. The molecule has 7 heteroatoms. The molecule has 2 amide bonds. The van der Waals surface area contributed by atoms with E-state index in [-0.39, 0.29) is 18.2 Å². The molecule has 0 aromatic heterocycles. The molecule has 2 aromatic rings. The van der Waals surface area contributed by atoms with E-state index in [1.54, 1.807) is 36.1 Å². The first-order chi connectivity index (χ1) is 14.4. The first kappa shape index (κ1) is 21.8. The fourth-order valence-electron chi connectivity index (χ4n) is 3.39. The number of rotatable bonds is 7. The molecule has 1 aliphatic heterocycles. The van der Waals surface area contributed by atoms with E-state index in [1.807, 2.05) is 18.2 Å². The Morgan fingerprint density at radius 2 is 1.80 bits per heavy atom.